The highest BCUT2D eigenvalue weighted by atomic mass is 16.5. The van der Waals surface area contributed by atoms with Gasteiger partial charge >= 0.3 is 11.9 Å². The van der Waals surface area contributed by atoms with Crippen LogP contribution in [0.3, 0.4) is 0 Å². The normalized spacial score (nSPS) is 11.3. The first-order valence-corrected chi connectivity index (χ1v) is 12.2. The van der Waals surface area contributed by atoms with E-state index < -0.39 is 0 Å². The first kappa shape index (κ1) is 30.7. The SMILES string of the molecule is C=C(C)C(=O)OCCN(CC)CC.CCCCC(CC)COC(=O)c1ccc(N(C)C)cc1. The second-order valence-electron chi connectivity index (χ2n) is 8.40. The Labute approximate surface area is 201 Å². The van der Waals surface area contributed by atoms with Crippen molar-refractivity contribution in [1.29, 1.82) is 0 Å². The Morgan fingerprint density at radius 1 is 1.00 bits per heavy atom. The average Bonchev–Trinajstić information content (AvgIpc) is 2.82. The van der Waals surface area contributed by atoms with Gasteiger partial charge in [-0.3, -0.25) is 0 Å². The lowest BCUT2D eigenvalue weighted by Gasteiger charge is -2.17. The van der Waals surface area contributed by atoms with Gasteiger partial charge in [-0.2, -0.15) is 0 Å². The van der Waals surface area contributed by atoms with Crippen LogP contribution >= 0.6 is 0 Å². The van der Waals surface area contributed by atoms with E-state index >= 15 is 0 Å². The summed E-state index contributed by atoms with van der Waals surface area (Å²) < 4.78 is 10.4. The number of nitrogens with zero attached hydrogens (tertiary/aromatic N) is 2. The van der Waals surface area contributed by atoms with Gasteiger partial charge in [0.15, 0.2) is 0 Å². The molecule has 0 aliphatic carbocycles. The number of anilines is 1. The van der Waals surface area contributed by atoms with Gasteiger partial charge in [-0.05, 0) is 56.6 Å². The van der Waals surface area contributed by atoms with Crippen molar-refractivity contribution in [3.63, 3.8) is 0 Å². The summed E-state index contributed by atoms with van der Waals surface area (Å²) in [5, 5.41) is 0. The van der Waals surface area contributed by atoms with E-state index in [4.69, 9.17) is 9.47 Å². The number of likely N-dealkylation sites (N-methyl/N-ethyl adjacent to an activating group) is 1. The number of ether oxygens (including phenoxy) is 2. The van der Waals surface area contributed by atoms with Crippen molar-refractivity contribution >= 4 is 17.6 Å². The summed E-state index contributed by atoms with van der Waals surface area (Å²) in [6.07, 6.45) is 4.59. The molecule has 1 aromatic rings. The molecule has 1 aromatic carbocycles. The highest BCUT2D eigenvalue weighted by molar-refractivity contribution is 5.89. The Bertz CT molecular complexity index is 682. The van der Waals surface area contributed by atoms with Gasteiger partial charge in [0.1, 0.15) is 6.61 Å². The lowest BCUT2D eigenvalue weighted by molar-refractivity contribution is -0.139. The fourth-order valence-corrected chi connectivity index (χ4v) is 3.00. The molecule has 0 bridgehead atoms. The van der Waals surface area contributed by atoms with E-state index in [-0.39, 0.29) is 11.9 Å². The molecule has 0 N–H and O–H groups in total. The van der Waals surface area contributed by atoms with Gasteiger partial charge in [0.05, 0.1) is 12.2 Å². The summed E-state index contributed by atoms with van der Waals surface area (Å²) in [6.45, 7) is 17.4. The molecule has 33 heavy (non-hydrogen) atoms. The second kappa shape index (κ2) is 18.1. The third-order valence-electron chi connectivity index (χ3n) is 5.50. The zero-order chi connectivity index (χ0) is 25.2. The number of benzene rings is 1. The van der Waals surface area contributed by atoms with Crippen LogP contribution in [0.2, 0.25) is 0 Å². The van der Waals surface area contributed by atoms with Gasteiger partial charge in [-0.25, -0.2) is 9.59 Å². The summed E-state index contributed by atoms with van der Waals surface area (Å²) in [7, 11) is 3.96. The molecule has 0 aromatic heterocycles. The molecule has 0 saturated heterocycles. The molecule has 1 rings (SSSR count). The van der Waals surface area contributed by atoms with E-state index in [0.717, 1.165) is 38.2 Å². The molecule has 0 spiro atoms. The zero-order valence-corrected chi connectivity index (χ0v) is 22.0. The number of rotatable bonds is 14. The fraction of sp³-hybridized carbons (Fsp3) is 0.630. The molecule has 6 nitrogen and oxygen atoms in total. The van der Waals surface area contributed by atoms with Gasteiger partial charge in [0.2, 0.25) is 0 Å². The standard InChI is InChI=1S/C17H27NO2.C10H19NO2/c1-5-7-8-14(6-2)13-20-17(19)15-9-11-16(12-10-15)18(3)4;1-5-11(6-2)7-8-13-10(12)9(3)4/h9-12,14H,5-8,13H2,1-4H3;3,5-8H2,1-2,4H3. The van der Waals surface area contributed by atoms with Crippen molar-refractivity contribution in [2.45, 2.75) is 60.3 Å². The quantitative estimate of drug-likeness (QED) is 0.266. The van der Waals surface area contributed by atoms with E-state index in [1.165, 1.54) is 12.8 Å². The number of unbranched alkanes of at least 4 members (excludes halogenated alkanes) is 1. The van der Waals surface area contributed by atoms with Crippen LogP contribution in [0.25, 0.3) is 0 Å². The van der Waals surface area contributed by atoms with Gasteiger partial charge < -0.3 is 19.3 Å². The lowest BCUT2D eigenvalue weighted by atomic mass is 10.0. The molecular weight excluding hydrogens is 416 g/mol. The first-order chi connectivity index (χ1) is 15.7. The van der Waals surface area contributed by atoms with E-state index in [1.807, 2.05) is 43.3 Å². The second-order valence-corrected chi connectivity index (χ2v) is 8.40. The molecule has 6 heteroatoms. The molecule has 0 amide bonds. The number of esters is 2. The van der Waals surface area contributed by atoms with Crippen molar-refractivity contribution in [2.75, 3.05) is 51.8 Å². The molecule has 0 aliphatic rings. The minimum atomic E-state index is -0.299. The average molecular weight is 463 g/mol. The van der Waals surface area contributed by atoms with Gasteiger partial charge in [-0.1, -0.05) is 53.5 Å². The van der Waals surface area contributed by atoms with Gasteiger partial charge in [0, 0.05) is 31.9 Å². The Morgan fingerprint density at radius 3 is 2.06 bits per heavy atom. The van der Waals surface area contributed by atoms with Crippen LogP contribution in [0.1, 0.15) is 70.7 Å². The smallest absolute Gasteiger partial charge is 0.338 e. The van der Waals surface area contributed by atoms with Crippen LogP contribution < -0.4 is 4.90 Å². The largest absolute Gasteiger partial charge is 0.462 e. The van der Waals surface area contributed by atoms with E-state index in [0.29, 0.717) is 30.3 Å². The minimum absolute atomic E-state index is 0.217. The van der Waals surface area contributed by atoms with Crippen molar-refractivity contribution < 1.29 is 19.1 Å². The van der Waals surface area contributed by atoms with E-state index in [1.54, 1.807) is 6.92 Å². The van der Waals surface area contributed by atoms with Crippen LogP contribution in [0, 0.1) is 5.92 Å². The molecule has 1 atom stereocenters. The molecule has 0 fully saturated rings. The maximum atomic E-state index is 12.0. The maximum Gasteiger partial charge on any atom is 0.338 e. The summed E-state index contributed by atoms with van der Waals surface area (Å²) in [4.78, 5) is 27.2. The lowest BCUT2D eigenvalue weighted by Crippen LogP contribution is -2.27. The first-order valence-electron chi connectivity index (χ1n) is 12.2. The Balaban J connectivity index is 0.000000684. The summed E-state index contributed by atoms with van der Waals surface area (Å²) >= 11 is 0. The molecule has 1 unspecified atom stereocenters. The van der Waals surface area contributed by atoms with Crippen molar-refractivity contribution in [3.8, 4) is 0 Å². The third kappa shape index (κ3) is 13.7. The number of hydrogen-bond donors (Lipinski definition) is 0. The monoisotopic (exact) mass is 462 g/mol. The topological polar surface area (TPSA) is 59.1 Å². The Morgan fingerprint density at radius 2 is 1.61 bits per heavy atom. The van der Waals surface area contributed by atoms with Crippen LogP contribution in [-0.2, 0) is 14.3 Å². The van der Waals surface area contributed by atoms with Crippen LogP contribution in [-0.4, -0.2) is 63.8 Å². The Hall–Kier alpha value is -2.34. The molecule has 0 heterocycles. The third-order valence-corrected chi connectivity index (χ3v) is 5.50. The summed E-state index contributed by atoms with van der Waals surface area (Å²) in [5.41, 5.74) is 2.16. The Kier molecular flexibility index (Phi) is 16.8. The van der Waals surface area contributed by atoms with E-state index in [9.17, 15) is 9.59 Å². The van der Waals surface area contributed by atoms with Gasteiger partial charge in [0.25, 0.3) is 0 Å². The van der Waals surface area contributed by atoms with Crippen molar-refractivity contribution in [2.24, 2.45) is 5.92 Å². The summed E-state index contributed by atoms with van der Waals surface area (Å²) in [5.74, 6) is -0.0302. The predicted molar refractivity (Wildman–Crippen MR) is 138 cm³/mol. The zero-order valence-electron chi connectivity index (χ0n) is 22.0. The van der Waals surface area contributed by atoms with Gasteiger partial charge in [-0.15, -0.1) is 0 Å². The van der Waals surface area contributed by atoms with E-state index in [2.05, 4.69) is 39.2 Å². The van der Waals surface area contributed by atoms with Crippen molar-refractivity contribution in [3.05, 3.63) is 42.0 Å². The van der Waals surface area contributed by atoms with Crippen molar-refractivity contribution in [1.82, 2.24) is 4.90 Å². The van der Waals surface area contributed by atoms with Crippen LogP contribution in [0.5, 0.6) is 0 Å². The molecule has 0 radical (unpaired) electrons. The molecule has 188 valence electrons. The predicted octanol–water partition coefficient (Wildman–Crippen LogP) is 5.57. The number of carbonyl (C=O) groups is 2. The summed E-state index contributed by atoms with van der Waals surface area (Å²) in [6, 6.07) is 7.52. The minimum Gasteiger partial charge on any atom is -0.462 e. The van der Waals surface area contributed by atoms with Crippen LogP contribution in [0.4, 0.5) is 5.69 Å². The molecule has 0 aliphatic heterocycles. The molecule has 0 saturated carbocycles. The molecular formula is C27H46N2O4. The highest BCUT2D eigenvalue weighted by Gasteiger charge is 2.12. The fourth-order valence-electron chi connectivity index (χ4n) is 3.00. The number of hydrogen-bond acceptors (Lipinski definition) is 6. The highest BCUT2D eigenvalue weighted by Crippen LogP contribution is 2.16. The maximum absolute atomic E-state index is 12.0. The number of carbonyl (C=O) groups excluding carboxylic acids is 2. The van der Waals surface area contributed by atoms with Crippen LogP contribution in [0.15, 0.2) is 36.4 Å².